The van der Waals surface area contributed by atoms with Gasteiger partial charge in [0, 0.05) is 24.2 Å². The maximum atomic E-state index is 6.27. The maximum absolute atomic E-state index is 6.27. The Morgan fingerprint density at radius 1 is 1.39 bits per heavy atom. The third-order valence-electron chi connectivity index (χ3n) is 3.59. The molecule has 1 aliphatic rings. The molecule has 0 spiro atoms. The third kappa shape index (κ3) is 3.98. The summed E-state index contributed by atoms with van der Waals surface area (Å²) in [6.07, 6.45) is 3.98. The van der Waals surface area contributed by atoms with Crippen molar-refractivity contribution in [2.45, 2.75) is 38.8 Å². The number of piperidine rings is 1. The summed E-state index contributed by atoms with van der Waals surface area (Å²) >= 11 is 6.27. The summed E-state index contributed by atoms with van der Waals surface area (Å²) in [5, 5.41) is 4.47. The Hall–Kier alpha value is -0.570. The Bertz CT molecular complexity index is 386. The molecule has 1 saturated heterocycles. The van der Waals surface area contributed by atoms with E-state index in [1.165, 1.54) is 36.9 Å². The van der Waals surface area contributed by atoms with Gasteiger partial charge in [-0.05, 0) is 50.6 Å². The molecule has 1 heterocycles. The molecule has 18 heavy (non-hydrogen) atoms. The van der Waals surface area contributed by atoms with Crippen LogP contribution in [0.25, 0.3) is 0 Å². The first-order chi connectivity index (χ1) is 8.65. The SMILES string of the molecule is Cc1ccc(CN(C)CC2CCCCN2)c(Cl)c1. The van der Waals surface area contributed by atoms with E-state index >= 15 is 0 Å². The lowest BCUT2D eigenvalue weighted by Gasteiger charge is -2.28. The molecule has 1 N–H and O–H groups in total. The van der Waals surface area contributed by atoms with Crippen LogP contribution in [0, 0.1) is 6.92 Å². The Labute approximate surface area is 115 Å². The Morgan fingerprint density at radius 2 is 2.22 bits per heavy atom. The Kier molecular flexibility index (Phi) is 5.04. The first kappa shape index (κ1) is 13.9. The zero-order valence-electron chi connectivity index (χ0n) is 11.4. The summed E-state index contributed by atoms with van der Waals surface area (Å²) in [5.74, 6) is 0. The average Bonchev–Trinajstić information content (AvgIpc) is 2.34. The molecule has 2 rings (SSSR count). The second kappa shape index (κ2) is 6.55. The third-order valence-corrected chi connectivity index (χ3v) is 3.95. The summed E-state index contributed by atoms with van der Waals surface area (Å²) in [6, 6.07) is 6.97. The number of likely N-dealkylation sites (N-methyl/N-ethyl adjacent to an activating group) is 1. The highest BCUT2D eigenvalue weighted by atomic mass is 35.5. The van der Waals surface area contributed by atoms with Crippen molar-refractivity contribution in [2.75, 3.05) is 20.1 Å². The van der Waals surface area contributed by atoms with E-state index in [0.717, 1.165) is 18.1 Å². The van der Waals surface area contributed by atoms with Gasteiger partial charge < -0.3 is 10.2 Å². The molecule has 0 saturated carbocycles. The van der Waals surface area contributed by atoms with Crippen molar-refractivity contribution in [1.82, 2.24) is 10.2 Å². The van der Waals surface area contributed by atoms with Gasteiger partial charge in [-0.3, -0.25) is 0 Å². The zero-order chi connectivity index (χ0) is 13.0. The van der Waals surface area contributed by atoms with Crippen molar-refractivity contribution in [2.24, 2.45) is 0 Å². The number of halogens is 1. The largest absolute Gasteiger partial charge is 0.313 e. The molecule has 0 aliphatic carbocycles. The summed E-state index contributed by atoms with van der Waals surface area (Å²) in [5.41, 5.74) is 2.45. The van der Waals surface area contributed by atoms with Crippen LogP contribution in [0.2, 0.25) is 5.02 Å². The number of benzene rings is 1. The van der Waals surface area contributed by atoms with Crippen molar-refractivity contribution >= 4 is 11.6 Å². The number of rotatable bonds is 4. The molecule has 0 aromatic heterocycles. The highest BCUT2D eigenvalue weighted by Gasteiger charge is 2.15. The topological polar surface area (TPSA) is 15.3 Å². The average molecular weight is 267 g/mol. The highest BCUT2D eigenvalue weighted by molar-refractivity contribution is 6.31. The first-order valence-corrected chi connectivity index (χ1v) is 7.20. The zero-order valence-corrected chi connectivity index (χ0v) is 12.1. The van der Waals surface area contributed by atoms with Gasteiger partial charge >= 0.3 is 0 Å². The lowest BCUT2D eigenvalue weighted by atomic mass is 10.0. The molecule has 1 aromatic carbocycles. The lowest BCUT2D eigenvalue weighted by Crippen LogP contribution is -2.42. The molecular weight excluding hydrogens is 244 g/mol. The molecule has 1 aliphatic heterocycles. The second-order valence-electron chi connectivity index (χ2n) is 5.44. The number of hydrogen-bond donors (Lipinski definition) is 1. The summed E-state index contributed by atoms with van der Waals surface area (Å²) in [7, 11) is 2.17. The number of aryl methyl sites for hydroxylation is 1. The fraction of sp³-hybridized carbons (Fsp3) is 0.600. The maximum Gasteiger partial charge on any atom is 0.0453 e. The van der Waals surface area contributed by atoms with Crippen LogP contribution < -0.4 is 5.32 Å². The molecule has 2 nitrogen and oxygen atoms in total. The minimum atomic E-state index is 0.646. The molecule has 0 bridgehead atoms. The van der Waals surface area contributed by atoms with Crippen molar-refractivity contribution < 1.29 is 0 Å². The molecule has 0 amide bonds. The normalized spacial score (nSPS) is 20.3. The first-order valence-electron chi connectivity index (χ1n) is 6.82. The predicted octanol–water partition coefficient (Wildman–Crippen LogP) is 3.22. The Balaban J connectivity index is 1.87. The standard InChI is InChI=1S/C15H23ClN2/c1-12-6-7-13(15(16)9-12)10-18(2)11-14-5-3-4-8-17-14/h6-7,9,14,17H,3-5,8,10-11H2,1-2H3. The molecular formula is C15H23ClN2. The van der Waals surface area contributed by atoms with Gasteiger partial charge in [-0.1, -0.05) is 30.2 Å². The van der Waals surface area contributed by atoms with Crippen LogP contribution in [0.5, 0.6) is 0 Å². The van der Waals surface area contributed by atoms with E-state index in [2.05, 4.69) is 36.3 Å². The molecule has 0 radical (unpaired) electrons. The monoisotopic (exact) mass is 266 g/mol. The number of nitrogens with zero attached hydrogens (tertiary/aromatic N) is 1. The van der Waals surface area contributed by atoms with Crippen molar-refractivity contribution in [3.05, 3.63) is 34.3 Å². The summed E-state index contributed by atoms with van der Waals surface area (Å²) in [6.45, 7) is 5.27. The molecule has 100 valence electrons. The lowest BCUT2D eigenvalue weighted by molar-refractivity contribution is 0.256. The highest BCUT2D eigenvalue weighted by Crippen LogP contribution is 2.19. The van der Waals surface area contributed by atoms with E-state index in [1.807, 2.05) is 6.07 Å². The van der Waals surface area contributed by atoms with Gasteiger partial charge in [-0.15, -0.1) is 0 Å². The molecule has 1 fully saturated rings. The molecule has 1 unspecified atom stereocenters. The van der Waals surface area contributed by atoms with E-state index in [1.54, 1.807) is 0 Å². The smallest absolute Gasteiger partial charge is 0.0453 e. The quantitative estimate of drug-likeness (QED) is 0.900. The number of hydrogen-bond acceptors (Lipinski definition) is 2. The minimum Gasteiger partial charge on any atom is -0.313 e. The van der Waals surface area contributed by atoms with Gasteiger partial charge in [0.15, 0.2) is 0 Å². The van der Waals surface area contributed by atoms with Gasteiger partial charge in [0.2, 0.25) is 0 Å². The van der Waals surface area contributed by atoms with Crippen LogP contribution in [0.15, 0.2) is 18.2 Å². The van der Waals surface area contributed by atoms with E-state index in [4.69, 9.17) is 11.6 Å². The van der Waals surface area contributed by atoms with E-state index in [0.29, 0.717) is 6.04 Å². The van der Waals surface area contributed by atoms with Gasteiger partial charge in [-0.2, -0.15) is 0 Å². The van der Waals surface area contributed by atoms with Crippen LogP contribution in [0.3, 0.4) is 0 Å². The fourth-order valence-electron chi connectivity index (χ4n) is 2.59. The minimum absolute atomic E-state index is 0.646. The summed E-state index contributed by atoms with van der Waals surface area (Å²) < 4.78 is 0. The number of nitrogens with one attached hydrogen (secondary N) is 1. The molecule has 3 heteroatoms. The van der Waals surface area contributed by atoms with Crippen LogP contribution in [0.4, 0.5) is 0 Å². The van der Waals surface area contributed by atoms with Crippen molar-refractivity contribution in [3.63, 3.8) is 0 Å². The molecule has 1 aromatic rings. The second-order valence-corrected chi connectivity index (χ2v) is 5.85. The predicted molar refractivity (Wildman–Crippen MR) is 78.2 cm³/mol. The van der Waals surface area contributed by atoms with Gasteiger partial charge in [0.1, 0.15) is 0 Å². The van der Waals surface area contributed by atoms with Gasteiger partial charge in [-0.25, -0.2) is 0 Å². The van der Waals surface area contributed by atoms with Gasteiger partial charge in [0.25, 0.3) is 0 Å². The van der Waals surface area contributed by atoms with Gasteiger partial charge in [0.05, 0.1) is 0 Å². The summed E-state index contributed by atoms with van der Waals surface area (Å²) in [4.78, 5) is 2.36. The fourth-order valence-corrected chi connectivity index (χ4v) is 2.89. The van der Waals surface area contributed by atoms with Crippen LogP contribution >= 0.6 is 11.6 Å². The van der Waals surface area contributed by atoms with Crippen LogP contribution in [-0.2, 0) is 6.54 Å². The van der Waals surface area contributed by atoms with E-state index < -0.39 is 0 Å². The van der Waals surface area contributed by atoms with Crippen LogP contribution in [-0.4, -0.2) is 31.1 Å². The van der Waals surface area contributed by atoms with E-state index in [-0.39, 0.29) is 0 Å². The van der Waals surface area contributed by atoms with E-state index in [9.17, 15) is 0 Å². The Morgan fingerprint density at radius 3 is 2.89 bits per heavy atom. The van der Waals surface area contributed by atoms with Crippen molar-refractivity contribution in [1.29, 1.82) is 0 Å². The van der Waals surface area contributed by atoms with Crippen molar-refractivity contribution in [3.8, 4) is 0 Å². The molecule has 1 atom stereocenters. The van der Waals surface area contributed by atoms with Crippen LogP contribution in [0.1, 0.15) is 30.4 Å².